The largest absolute Gasteiger partial charge is 0.481 e. The first-order chi connectivity index (χ1) is 44.2. The molecule has 2 atom stereocenters. The van der Waals surface area contributed by atoms with E-state index >= 15 is 0 Å². The van der Waals surface area contributed by atoms with Gasteiger partial charge in [-0.15, -0.1) is 20.4 Å². The number of aromatic amines is 2. The van der Waals surface area contributed by atoms with Gasteiger partial charge in [0.1, 0.15) is 21.0 Å². The third-order valence-corrected chi connectivity index (χ3v) is 25.2. The van der Waals surface area contributed by atoms with Crippen LogP contribution in [-0.4, -0.2) is 129 Å². The van der Waals surface area contributed by atoms with Gasteiger partial charge in [0.2, 0.25) is 15.9 Å². The van der Waals surface area contributed by atoms with Crippen LogP contribution in [0.3, 0.4) is 0 Å². The Labute approximate surface area is 570 Å². The summed E-state index contributed by atoms with van der Waals surface area (Å²) in [7, 11) is -10.8. The van der Waals surface area contributed by atoms with Crippen LogP contribution >= 0.6 is 23.2 Å². The van der Waals surface area contributed by atoms with Crippen molar-refractivity contribution >= 4 is 87.4 Å². The third kappa shape index (κ3) is 20.3. The number of rotatable bonds is 38. The quantitative estimate of drug-likeness (QED) is 0.0226. The highest BCUT2D eigenvalue weighted by atomic mass is 35.5. The first kappa shape index (κ1) is 77.6. The number of fused-ring (bicyclic) bond motifs is 2. The summed E-state index contributed by atoms with van der Waals surface area (Å²) in [6, 6.07) is 13.3. The molecule has 5 N–H and O–H groups in total. The fraction of sp³-hybridized carbons (Fsp3) is 0.676. The van der Waals surface area contributed by atoms with Crippen molar-refractivity contribution in [3.05, 3.63) is 81.6 Å². The van der Waals surface area contributed by atoms with E-state index < -0.39 is 68.9 Å². The minimum Gasteiger partial charge on any atom is -0.481 e. The summed E-state index contributed by atoms with van der Waals surface area (Å²) in [6.45, 7) is 26.5. The van der Waals surface area contributed by atoms with E-state index in [-0.39, 0.29) is 40.2 Å². The van der Waals surface area contributed by atoms with Gasteiger partial charge in [-0.1, -0.05) is 193 Å². The Hall–Kier alpha value is -5.43. The van der Waals surface area contributed by atoms with Crippen molar-refractivity contribution in [2.45, 2.75) is 269 Å². The SMILES string of the molecule is CCCCCCCCCCC(Oc1ccc(N2CCS(=O)(=O)CC2)cc1)C(=O)NC(C)(C)C(C)(C)c1nnc2c(Cl)c(C)[nH]n12.CCCCCCCCCCCCC(C(=O)NC(C)(C)C(C)(C)c1nnc2c(Cl)c(C)[nH]n12)S(=O)(=O)c1cccc(NS(=O)(=O)CCCC)c1. The number of hydrogen-bond donors (Lipinski definition) is 5. The Balaban J connectivity index is 0.000000299. The summed E-state index contributed by atoms with van der Waals surface area (Å²) in [6.07, 6.45) is 21.4. The van der Waals surface area contributed by atoms with E-state index in [2.05, 4.69) is 64.7 Å². The normalized spacial score (nSPS) is 14.8. The molecule has 7 rings (SSSR count). The maximum atomic E-state index is 14.3. The number of aromatic nitrogens is 8. The lowest BCUT2D eigenvalue weighted by atomic mass is 9.73. The van der Waals surface area contributed by atoms with Crippen molar-refractivity contribution in [3.8, 4) is 5.75 Å². The minimum absolute atomic E-state index is 0.0677. The lowest BCUT2D eigenvalue weighted by Crippen LogP contribution is -2.59. The van der Waals surface area contributed by atoms with E-state index in [1.165, 1.54) is 88.5 Å². The first-order valence-corrected chi connectivity index (χ1v) is 39.9. The van der Waals surface area contributed by atoms with E-state index in [4.69, 9.17) is 27.9 Å². The standard InChI is InChI=1S/C35H57ClN6O5S2.C33H51ClN6O4S/c1-8-10-12-13-14-15-16-17-18-19-23-29(49(46,47)28-22-20-21-27(25-28)41-48(44,45)24-11-9-2)32(43)37-35(6,7)34(4,5)33-39-38-31-30(36)26(3)40-42(31)33;1-7-8-9-10-11-12-13-14-15-27(44-26-18-16-25(17-19-26)39-20-22-45(42,43)23-21-39)30(41)35-33(5,6)32(3,4)31-37-36-29-28(34)24(2)38-40(29)31/h20-22,25,29,40-41H,8-19,23-24H2,1-7H3,(H,37,43);16-19,27,38H,7-15,20-23H2,1-6H3,(H,35,41). The molecule has 1 aliphatic rings. The molecule has 526 valence electrons. The van der Waals surface area contributed by atoms with Gasteiger partial charge >= 0.3 is 0 Å². The molecule has 0 aliphatic carbocycles. The Morgan fingerprint density at radius 3 is 1.50 bits per heavy atom. The highest BCUT2D eigenvalue weighted by Gasteiger charge is 2.47. The summed E-state index contributed by atoms with van der Waals surface area (Å²) < 4.78 is 89.7. The van der Waals surface area contributed by atoms with Gasteiger partial charge in [-0.05, 0) is 110 Å². The molecule has 2 unspecified atom stereocenters. The second-order valence-corrected chi connectivity index (χ2v) is 34.8. The van der Waals surface area contributed by atoms with E-state index in [0.29, 0.717) is 77.5 Å². The maximum absolute atomic E-state index is 14.3. The number of sulfonamides is 1. The van der Waals surface area contributed by atoms with Crippen LogP contribution in [0.25, 0.3) is 11.3 Å². The molecule has 5 heterocycles. The molecular weight excluding hydrogens is 1300 g/mol. The lowest BCUT2D eigenvalue weighted by Gasteiger charge is -2.41. The number of benzene rings is 2. The van der Waals surface area contributed by atoms with Crippen molar-refractivity contribution in [3.63, 3.8) is 0 Å². The number of unbranched alkanes of at least 4 members (excludes halogenated alkanes) is 17. The molecular formula is C68H108Cl2N12O9S3. The molecule has 0 radical (unpaired) electrons. The summed E-state index contributed by atoms with van der Waals surface area (Å²) in [4.78, 5) is 30.1. The number of aryl methyl sites for hydroxylation is 2. The molecule has 1 fully saturated rings. The van der Waals surface area contributed by atoms with Crippen LogP contribution in [0.5, 0.6) is 5.75 Å². The summed E-state index contributed by atoms with van der Waals surface area (Å²) in [5, 5.41) is 29.7. The number of H-pyrrole nitrogens is 2. The molecule has 26 heteroatoms. The zero-order chi connectivity index (χ0) is 69.3. The molecule has 94 heavy (non-hydrogen) atoms. The number of hydrogen-bond acceptors (Lipinski definition) is 14. The fourth-order valence-corrected chi connectivity index (χ4v) is 16.1. The van der Waals surface area contributed by atoms with Crippen LogP contribution in [0, 0.1) is 13.8 Å². The highest BCUT2D eigenvalue weighted by Crippen LogP contribution is 2.38. The second-order valence-electron chi connectivity index (χ2n) is 27.8. The number of nitrogens with one attached hydrogen (secondary N) is 5. The Morgan fingerprint density at radius 2 is 1.03 bits per heavy atom. The van der Waals surface area contributed by atoms with Crippen LogP contribution < -0.4 is 25.0 Å². The topological polar surface area (TPSA) is 277 Å². The van der Waals surface area contributed by atoms with Gasteiger partial charge in [0, 0.05) is 46.4 Å². The summed E-state index contributed by atoms with van der Waals surface area (Å²) in [5.41, 5.74) is 0.481. The van der Waals surface area contributed by atoms with Gasteiger partial charge in [-0.3, -0.25) is 24.5 Å². The van der Waals surface area contributed by atoms with Crippen LogP contribution in [-0.2, 0) is 50.1 Å². The molecule has 2 amide bonds. The smallest absolute Gasteiger partial charge is 0.261 e. The molecule has 0 bridgehead atoms. The summed E-state index contributed by atoms with van der Waals surface area (Å²) in [5.74, 6) is 1.26. The number of sulfone groups is 2. The Morgan fingerprint density at radius 1 is 0.596 bits per heavy atom. The van der Waals surface area contributed by atoms with Crippen molar-refractivity contribution in [2.24, 2.45) is 0 Å². The number of halogens is 2. The Kier molecular flexibility index (Phi) is 28.2. The van der Waals surface area contributed by atoms with Crippen molar-refractivity contribution < 1.29 is 39.6 Å². The average molecular weight is 1400 g/mol. The van der Waals surface area contributed by atoms with E-state index in [1.807, 2.05) is 100 Å². The second kappa shape index (κ2) is 34.2. The van der Waals surface area contributed by atoms with Gasteiger partial charge in [0.05, 0.1) is 33.5 Å². The minimum atomic E-state index is -4.22. The predicted molar refractivity (Wildman–Crippen MR) is 380 cm³/mol. The molecule has 21 nitrogen and oxygen atoms in total. The molecule has 6 aromatic rings. The summed E-state index contributed by atoms with van der Waals surface area (Å²) >= 11 is 12.8. The number of carbonyl (C=O) groups is 2. The van der Waals surface area contributed by atoms with Crippen molar-refractivity contribution in [2.75, 3.05) is 40.0 Å². The molecule has 0 saturated carbocycles. The number of amides is 2. The Bertz CT molecular complexity index is 3750. The highest BCUT2D eigenvalue weighted by molar-refractivity contribution is 7.93. The molecule has 1 saturated heterocycles. The lowest BCUT2D eigenvalue weighted by molar-refractivity contribution is -0.131. The van der Waals surface area contributed by atoms with Crippen molar-refractivity contribution in [1.29, 1.82) is 0 Å². The van der Waals surface area contributed by atoms with E-state index in [1.54, 1.807) is 9.03 Å². The fourth-order valence-electron chi connectivity index (χ4n) is 11.6. The zero-order valence-electron chi connectivity index (χ0n) is 58.2. The van der Waals surface area contributed by atoms with Crippen LogP contribution in [0.2, 0.25) is 10.0 Å². The zero-order valence-corrected chi connectivity index (χ0v) is 62.1. The molecule has 4 aromatic heterocycles. The van der Waals surface area contributed by atoms with E-state index in [0.717, 1.165) is 62.0 Å². The average Bonchev–Trinajstić information content (AvgIpc) is 1.56. The van der Waals surface area contributed by atoms with Gasteiger partial charge in [-0.2, -0.15) is 0 Å². The van der Waals surface area contributed by atoms with E-state index in [9.17, 15) is 34.8 Å². The van der Waals surface area contributed by atoms with Gasteiger partial charge in [0.25, 0.3) is 5.91 Å². The third-order valence-electron chi connectivity index (χ3n) is 19.2. The number of ether oxygens (including phenoxy) is 1. The maximum Gasteiger partial charge on any atom is 0.261 e. The predicted octanol–water partition coefficient (Wildman–Crippen LogP) is 14.3. The first-order valence-electron chi connectivity index (χ1n) is 34.1. The van der Waals surface area contributed by atoms with Gasteiger partial charge in [0.15, 0.2) is 48.7 Å². The monoisotopic (exact) mass is 1400 g/mol. The van der Waals surface area contributed by atoms with Crippen LogP contribution in [0.15, 0.2) is 53.4 Å². The number of carbonyl (C=O) groups excluding carboxylic acids is 2. The molecule has 2 aromatic carbocycles. The van der Waals surface area contributed by atoms with Crippen LogP contribution in [0.1, 0.15) is 240 Å². The van der Waals surface area contributed by atoms with Crippen LogP contribution in [0.4, 0.5) is 11.4 Å². The number of nitrogens with zero attached hydrogens (tertiary/aromatic N) is 7. The van der Waals surface area contributed by atoms with Crippen molar-refractivity contribution in [1.82, 2.24) is 50.3 Å². The molecule has 1 aliphatic heterocycles. The van der Waals surface area contributed by atoms with Gasteiger partial charge in [-0.25, -0.2) is 34.3 Å². The molecule has 0 spiro atoms. The number of anilines is 2. The van der Waals surface area contributed by atoms with Gasteiger partial charge < -0.3 is 20.3 Å².